The lowest BCUT2D eigenvalue weighted by Gasteiger charge is -2.11. The molecule has 1 fully saturated rings. The lowest BCUT2D eigenvalue weighted by Crippen LogP contribution is -2.34. The van der Waals surface area contributed by atoms with Crippen LogP contribution in [-0.4, -0.2) is 38.8 Å². The lowest BCUT2D eigenvalue weighted by atomic mass is 10.2. The standard InChI is InChI=1S/C17H16FN5O3/c18-10-3-5-11(6-4-10)23-15(24)13-9-20-16(21-14(13)22-17(23)25)19-8-12-2-1-7-26-12/h3-6,9,12H,1-2,7-8H2,(H2,19,20,21,22,25). The molecule has 1 atom stereocenters. The van der Waals surface area contributed by atoms with Gasteiger partial charge in [-0.25, -0.2) is 18.7 Å². The van der Waals surface area contributed by atoms with E-state index in [1.807, 2.05) is 0 Å². The second-order valence-corrected chi connectivity index (χ2v) is 6.02. The molecule has 1 aliphatic rings. The number of nitrogens with one attached hydrogen (secondary N) is 2. The zero-order valence-electron chi connectivity index (χ0n) is 13.7. The van der Waals surface area contributed by atoms with Gasteiger partial charge in [-0.2, -0.15) is 4.98 Å². The normalized spacial score (nSPS) is 16.9. The lowest BCUT2D eigenvalue weighted by molar-refractivity contribution is 0.120. The van der Waals surface area contributed by atoms with Gasteiger partial charge < -0.3 is 10.1 Å². The number of aromatic nitrogens is 4. The van der Waals surface area contributed by atoms with Gasteiger partial charge in [0.05, 0.1) is 11.8 Å². The molecule has 3 heterocycles. The highest BCUT2D eigenvalue weighted by molar-refractivity contribution is 5.73. The number of halogens is 1. The topological polar surface area (TPSA) is 102 Å². The average Bonchev–Trinajstić information content (AvgIpc) is 3.15. The van der Waals surface area contributed by atoms with Crippen LogP contribution in [0.25, 0.3) is 16.7 Å². The Bertz CT molecular complexity index is 1050. The third-order valence-corrected chi connectivity index (χ3v) is 4.25. The molecule has 1 unspecified atom stereocenters. The molecular formula is C17H16FN5O3. The minimum atomic E-state index is -0.655. The molecule has 1 aromatic carbocycles. The zero-order valence-corrected chi connectivity index (χ0v) is 13.7. The molecule has 8 nitrogen and oxygen atoms in total. The zero-order chi connectivity index (χ0) is 18.1. The van der Waals surface area contributed by atoms with E-state index in [1.165, 1.54) is 30.5 Å². The number of hydrogen-bond acceptors (Lipinski definition) is 6. The molecule has 2 aromatic heterocycles. The van der Waals surface area contributed by atoms with E-state index >= 15 is 0 Å². The van der Waals surface area contributed by atoms with E-state index in [0.717, 1.165) is 24.0 Å². The molecule has 2 N–H and O–H groups in total. The number of nitrogens with zero attached hydrogens (tertiary/aromatic N) is 3. The van der Waals surface area contributed by atoms with Gasteiger partial charge in [-0.3, -0.25) is 9.78 Å². The first-order chi connectivity index (χ1) is 12.6. The predicted molar refractivity (Wildman–Crippen MR) is 93.2 cm³/mol. The minimum Gasteiger partial charge on any atom is -0.376 e. The highest BCUT2D eigenvalue weighted by Crippen LogP contribution is 2.13. The number of rotatable bonds is 4. The minimum absolute atomic E-state index is 0.111. The summed E-state index contributed by atoms with van der Waals surface area (Å²) in [4.78, 5) is 35.9. The van der Waals surface area contributed by atoms with Gasteiger partial charge in [-0.1, -0.05) is 0 Å². The predicted octanol–water partition coefficient (Wildman–Crippen LogP) is 1.20. The van der Waals surface area contributed by atoms with Crippen LogP contribution in [-0.2, 0) is 4.74 Å². The Morgan fingerprint density at radius 1 is 1.31 bits per heavy atom. The van der Waals surface area contributed by atoms with Crippen LogP contribution in [0.2, 0.25) is 0 Å². The van der Waals surface area contributed by atoms with Gasteiger partial charge in [-0.15, -0.1) is 0 Å². The van der Waals surface area contributed by atoms with E-state index < -0.39 is 17.1 Å². The Labute approximate surface area is 146 Å². The van der Waals surface area contributed by atoms with Gasteiger partial charge in [0.25, 0.3) is 5.56 Å². The summed E-state index contributed by atoms with van der Waals surface area (Å²) in [5, 5.41) is 3.21. The van der Waals surface area contributed by atoms with Crippen LogP contribution in [0.4, 0.5) is 10.3 Å². The summed E-state index contributed by atoms with van der Waals surface area (Å²) in [5.74, 6) is -0.146. The van der Waals surface area contributed by atoms with Crippen molar-refractivity contribution in [2.75, 3.05) is 18.5 Å². The highest BCUT2D eigenvalue weighted by atomic mass is 19.1. The van der Waals surface area contributed by atoms with E-state index in [0.29, 0.717) is 12.5 Å². The second-order valence-electron chi connectivity index (χ2n) is 6.02. The number of H-pyrrole nitrogens is 1. The first kappa shape index (κ1) is 16.4. The van der Waals surface area contributed by atoms with Gasteiger partial charge in [0.15, 0.2) is 5.65 Å². The Hall–Kier alpha value is -3.07. The third kappa shape index (κ3) is 3.08. The fraction of sp³-hybridized carbons (Fsp3) is 0.294. The highest BCUT2D eigenvalue weighted by Gasteiger charge is 2.16. The summed E-state index contributed by atoms with van der Waals surface area (Å²) in [6, 6.07) is 5.08. The van der Waals surface area contributed by atoms with Gasteiger partial charge in [0, 0.05) is 19.3 Å². The maximum absolute atomic E-state index is 13.1. The molecule has 0 radical (unpaired) electrons. The van der Waals surface area contributed by atoms with Crippen molar-refractivity contribution in [3.05, 3.63) is 57.1 Å². The molecule has 26 heavy (non-hydrogen) atoms. The van der Waals surface area contributed by atoms with Crippen molar-refractivity contribution in [2.45, 2.75) is 18.9 Å². The number of anilines is 1. The van der Waals surface area contributed by atoms with Crippen LogP contribution in [0.3, 0.4) is 0 Å². The van der Waals surface area contributed by atoms with E-state index in [4.69, 9.17) is 4.74 Å². The van der Waals surface area contributed by atoms with Crippen molar-refractivity contribution >= 4 is 17.0 Å². The molecule has 9 heteroatoms. The van der Waals surface area contributed by atoms with Gasteiger partial charge >= 0.3 is 5.69 Å². The van der Waals surface area contributed by atoms with E-state index in [9.17, 15) is 14.0 Å². The summed E-state index contributed by atoms with van der Waals surface area (Å²) < 4.78 is 19.5. The Morgan fingerprint density at radius 3 is 2.85 bits per heavy atom. The second kappa shape index (κ2) is 6.68. The van der Waals surface area contributed by atoms with Crippen molar-refractivity contribution in [2.24, 2.45) is 0 Å². The molecule has 134 valence electrons. The number of fused-ring (bicyclic) bond motifs is 1. The molecule has 1 saturated heterocycles. The van der Waals surface area contributed by atoms with E-state index in [2.05, 4.69) is 20.3 Å². The fourth-order valence-corrected chi connectivity index (χ4v) is 2.92. The summed E-state index contributed by atoms with van der Waals surface area (Å²) in [6.07, 6.45) is 3.47. The monoisotopic (exact) mass is 357 g/mol. The molecule has 0 amide bonds. The van der Waals surface area contributed by atoms with Crippen LogP contribution in [0.1, 0.15) is 12.8 Å². The number of hydrogen-bond donors (Lipinski definition) is 2. The summed E-state index contributed by atoms with van der Waals surface area (Å²) >= 11 is 0. The average molecular weight is 357 g/mol. The molecule has 0 saturated carbocycles. The van der Waals surface area contributed by atoms with Crippen molar-refractivity contribution < 1.29 is 9.13 Å². The molecule has 1 aliphatic heterocycles. The van der Waals surface area contributed by atoms with Crippen LogP contribution >= 0.6 is 0 Å². The molecule has 0 bridgehead atoms. The van der Waals surface area contributed by atoms with Crippen molar-refractivity contribution in [1.29, 1.82) is 0 Å². The molecule has 0 aliphatic carbocycles. The molecular weight excluding hydrogens is 341 g/mol. The van der Waals surface area contributed by atoms with E-state index in [-0.39, 0.29) is 22.8 Å². The van der Waals surface area contributed by atoms with Gasteiger partial charge in [0.2, 0.25) is 5.95 Å². The van der Waals surface area contributed by atoms with Crippen LogP contribution in [0.15, 0.2) is 40.1 Å². The Kier molecular flexibility index (Phi) is 4.21. The number of benzene rings is 1. The van der Waals surface area contributed by atoms with Crippen LogP contribution in [0, 0.1) is 5.82 Å². The van der Waals surface area contributed by atoms with Crippen LogP contribution in [0.5, 0.6) is 0 Å². The largest absolute Gasteiger partial charge is 0.376 e. The first-order valence-corrected chi connectivity index (χ1v) is 8.25. The SMILES string of the molecule is O=c1[nH]c2nc(NCC3CCCO3)ncc2c(=O)n1-c1ccc(F)cc1. The summed E-state index contributed by atoms with van der Waals surface area (Å²) in [6.45, 7) is 1.31. The van der Waals surface area contributed by atoms with Gasteiger partial charge in [0.1, 0.15) is 11.2 Å². The molecule has 4 rings (SSSR count). The van der Waals surface area contributed by atoms with Gasteiger partial charge in [-0.05, 0) is 37.1 Å². The Balaban J connectivity index is 1.69. The van der Waals surface area contributed by atoms with Crippen LogP contribution < -0.4 is 16.6 Å². The summed E-state index contributed by atoms with van der Waals surface area (Å²) in [5.41, 5.74) is -0.817. The number of aromatic amines is 1. The van der Waals surface area contributed by atoms with Crippen molar-refractivity contribution in [1.82, 2.24) is 19.5 Å². The number of ether oxygens (including phenoxy) is 1. The smallest absolute Gasteiger partial charge is 0.334 e. The quantitative estimate of drug-likeness (QED) is 0.727. The molecule has 0 spiro atoms. The third-order valence-electron chi connectivity index (χ3n) is 4.25. The molecule has 3 aromatic rings. The van der Waals surface area contributed by atoms with E-state index in [1.54, 1.807) is 0 Å². The maximum atomic E-state index is 13.1. The fourth-order valence-electron chi connectivity index (χ4n) is 2.92. The van der Waals surface area contributed by atoms with Crippen molar-refractivity contribution in [3.8, 4) is 5.69 Å². The first-order valence-electron chi connectivity index (χ1n) is 8.25. The summed E-state index contributed by atoms with van der Waals surface area (Å²) in [7, 11) is 0. The van der Waals surface area contributed by atoms with Crippen molar-refractivity contribution in [3.63, 3.8) is 0 Å². The Morgan fingerprint density at radius 2 is 2.12 bits per heavy atom. The maximum Gasteiger partial charge on any atom is 0.334 e.